The molecule has 1 aliphatic rings. The van der Waals surface area contributed by atoms with E-state index in [9.17, 15) is 4.57 Å². The zero-order valence-corrected chi connectivity index (χ0v) is 12.9. The van der Waals surface area contributed by atoms with Crippen molar-refractivity contribution in [2.45, 2.75) is 25.4 Å². The Balaban J connectivity index is 2.46. The Labute approximate surface area is 120 Å². The molecule has 3 nitrogen and oxygen atoms in total. The van der Waals surface area contributed by atoms with Crippen molar-refractivity contribution in [2.75, 3.05) is 13.7 Å². The van der Waals surface area contributed by atoms with Gasteiger partial charge in [-0.2, -0.15) is 0 Å². The average Bonchev–Trinajstić information content (AvgIpc) is 2.50. The van der Waals surface area contributed by atoms with Gasteiger partial charge in [0.2, 0.25) is 0 Å². The van der Waals surface area contributed by atoms with Gasteiger partial charge >= 0.3 is 7.60 Å². The summed E-state index contributed by atoms with van der Waals surface area (Å²) < 4.78 is 23.9. The van der Waals surface area contributed by atoms with Crippen LogP contribution in [0.4, 0.5) is 0 Å². The monoisotopic (exact) mass is 292 g/mol. The lowest BCUT2D eigenvalue weighted by Gasteiger charge is -2.27. The van der Waals surface area contributed by atoms with E-state index in [-0.39, 0.29) is 5.66 Å². The Morgan fingerprint density at radius 1 is 1.25 bits per heavy atom. The molecule has 0 aliphatic heterocycles. The molecule has 0 radical (unpaired) electrons. The van der Waals surface area contributed by atoms with Crippen LogP contribution in [-0.4, -0.2) is 13.7 Å². The molecular weight excluding hydrogens is 271 g/mol. The summed E-state index contributed by atoms with van der Waals surface area (Å²) in [5, 5.41) is 0. The van der Waals surface area contributed by atoms with E-state index in [2.05, 4.69) is 12.2 Å². The van der Waals surface area contributed by atoms with Crippen LogP contribution in [0.15, 0.2) is 54.1 Å². The molecule has 0 N–H and O–H groups in total. The SMILES string of the molecule is CCOP(=O)(OC)C(C1=CCCC=C1)c1ccccc1. The minimum atomic E-state index is -3.22. The largest absolute Gasteiger partial charge is 0.342 e. The van der Waals surface area contributed by atoms with Crippen LogP contribution in [0.25, 0.3) is 0 Å². The maximum atomic E-state index is 13.1. The average molecular weight is 292 g/mol. The molecule has 4 heteroatoms. The third kappa shape index (κ3) is 3.29. The lowest BCUT2D eigenvalue weighted by Crippen LogP contribution is -2.08. The first-order chi connectivity index (χ1) is 9.71. The second-order valence-electron chi connectivity index (χ2n) is 4.64. The molecule has 0 heterocycles. The van der Waals surface area contributed by atoms with Gasteiger partial charge in [0.05, 0.1) is 6.61 Å². The van der Waals surface area contributed by atoms with E-state index in [0.717, 1.165) is 24.0 Å². The molecule has 2 rings (SSSR count). The van der Waals surface area contributed by atoms with Gasteiger partial charge in [0.25, 0.3) is 0 Å². The molecule has 1 aliphatic carbocycles. The molecule has 1 aromatic rings. The normalized spacial score (nSPS) is 19.2. The van der Waals surface area contributed by atoms with E-state index in [1.807, 2.05) is 43.3 Å². The van der Waals surface area contributed by atoms with Crippen LogP contribution < -0.4 is 0 Å². The first-order valence-electron chi connectivity index (χ1n) is 6.93. The van der Waals surface area contributed by atoms with Crippen LogP contribution in [0, 0.1) is 0 Å². The van der Waals surface area contributed by atoms with Crippen molar-refractivity contribution >= 4 is 7.60 Å². The Morgan fingerprint density at radius 3 is 2.55 bits per heavy atom. The molecule has 0 fully saturated rings. The molecule has 0 bridgehead atoms. The summed E-state index contributed by atoms with van der Waals surface area (Å²) in [5.74, 6) is 0. The van der Waals surface area contributed by atoms with Crippen LogP contribution in [0.5, 0.6) is 0 Å². The zero-order chi connectivity index (χ0) is 14.4. The van der Waals surface area contributed by atoms with E-state index in [0.29, 0.717) is 6.61 Å². The highest BCUT2D eigenvalue weighted by atomic mass is 31.2. The van der Waals surface area contributed by atoms with E-state index in [1.54, 1.807) is 0 Å². The second-order valence-corrected chi connectivity index (χ2v) is 6.86. The van der Waals surface area contributed by atoms with Crippen LogP contribution in [-0.2, 0) is 13.6 Å². The summed E-state index contributed by atoms with van der Waals surface area (Å²) >= 11 is 0. The molecular formula is C16H21O3P. The summed E-state index contributed by atoms with van der Waals surface area (Å²) in [5.41, 5.74) is 1.62. The lowest BCUT2D eigenvalue weighted by atomic mass is 9.99. The molecule has 1 aromatic carbocycles. The van der Waals surface area contributed by atoms with E-state index in [1.165, 1.54) is 7.11 Å². The standard InChI is InChI=1S/C16H21O3P/c1-3-19-20(17,18-2)16(14-10-6-4-7-11-14)15-12-8-5-9-13-15/h4,6-8,10-13,16H,3,5,9H2,1-2H3. The minimum Gasteiger partial charge on any atom is -0.311 e. The summed E-state index contributed by atoms with van der Waals surface area (Å²) in [7, 11) is -1.76. The Bertz CT molecular complexity index is 534. The molecule has 0 amide bonds. The molecule has 2 unspecified atom stereocenters. The third-order valence-electron chi connectivity index (χ3n) is 3.33. The number of hydrogen-bond donors (Lipinski definition) is 0. The van der Waals surface area contributed by atoms with Gasteiger partial charge in [0.15, 0.2) is 0 Å². The van der Waals surface area contributed by atoms with Gasteiger partial charge in [-0.1, -0.05) is 48.6 Å². The van der Waals surface area contributed by atoms with Crippen molar-refractivity contribution in [3.63, 3.8) is 0 Å². The number of rotatable bonds is 6. The van der Waals surface area contributed by atoms with Crippen LogP contribution >= 0.6 is 7.60 Å². The maximum Gasteiger partial charge on any atom is 0.342 e. The topological polar surface area (TPSA) is 35.5 Å². The zero-order valence-electron chi connectivity index (χ0n) is 12.0. The predicted octanol–water partition coefficient (Wildman–Crippen LogP) is 4.88. The molecule has 2 atom stereocenters. The van der Waals surface area contributed by atoms with E-state index >= 15 is 0 Å². The van der Waals surface area contributed by atoms with Gasteiger partial charge in [-0.25, -0.2) is 0 Å². The van der Waals surface area contributed by atoms with Crippen LogP contribution in [0.3, 0.4) is 0 Å². The lowest BCUT2D eigenvalue weighted by molar-refractivity contribution is 0.239. The van der Waals surface area contributed by atoms with Gasteiger partial charge in [-0.3, -0.25) is 4.57 Å². The fraction of sp³-hybridized carbons (Fsp3) is 0.375. The van der Waals surface area contributed by atoms with Crippen molar-refractivity contribution in [1.29, 1.82) is 0 Å². The van der Waals surface area contributed by atoms with Crippen molar-refractivity contribution in [3.05, 3.63) is 59.7 Å². The summed E-state index contributed by atoms with van der Waals surface area (Å²) in [6, 6.07) is 9.78. The third-order valence-corrected chi connectivity index (χ3v) is 5.69. The number of hydrogen-bond acceptors (Lipinski definition) is 3. The van der Waals surface area contributed by atoms with Crippen molar-refractivity contribution < 1.29 is 13.6 Å². The molecule has 0 saturated heterocycles. The number of allylic oxidation sites excluding steroid dienone is 4. The highest BCUT2D eigenvalue weighted by molar-refractivity contribution is 7.54. The van der Waals surface area contributed by atoms with Crippen molar-refractivity contribution in [1.82, 2.24) is 0 Å². The highest BCUT2D eigenvalue weighted by Gasteiger charge is 2.38. The summed E-state index contributed by atoms with van der Waals surface area (Å²) in [6.07, 6.45) is 8.26. The van der Waals surface area contributed by atoms with Gasteiger partial charge < -0.3 is 9.05 Å². The fourth-order valence-electron chi connectivity index (χ4n) is 2.44. The maximum absolute atomic E-state index is 13.1. The van der Waals surface area contributed by atoms with E-state index in [4.69, 9.17) is 9.05 Å². The van der Waals surface area contributed by atoms with E-state index < -0.39 is 7.60 Å². The molecule has 108 valence electrons. The minimum absolute atomic E-state index is 0.356. The predicted molar refractivity (Wildman–Crippen MR) is 81.9 cm³/mol. The first kappa shape index (κ1) is 15.2. The fourth-order valence-corrected chi connectivity index (χ4v) is 4.36. The second kappa shape index (κ2) is 7.03. The molecule has 0 aromatic heterocycles. The van der Waals surface area contributed by atoms with Crippen molar-refractivity contribution in [2.24, 2.45) is 0 Å². The van der Waals surface area contributed by atoms with Gasteiger partial charge in [-0.15, -0.1) is 0 Å². The van der Waals surface area contributed by atoms with Crippen LogP contribution in [0.2, 0.25) is 0 Å². The Hall–Kier alpha value is -1.15. The quantitative estimate of drug-likeness (QED) is 0.701. The van der Waals surface area contributed by atoms with Crippen molar-refractivity contribution in [3.8, 4) is 0 Å². The Morgan fingerprint density at radius 2 is 2.00 bits per heavy atom. The summed E-state index contributed by atoms with van der Waals surface area (Å²) in [6.45, 7) is 2.20. The molecule has 0 spiro atoms. The van der Waals surface area contributed by atoms with Crippen LogP contribution in [0.1, 0.15) is 31.0 Å². The first-order valence-corrected chi connectivity index (χ1v) is 8.54. The summed E-state index contributed by atoms with van der Waals surface area (Å²) in [4.78, 5) is 0. The number of benzene rings is 1. The molecule has 20 heavy (non-hydrogen) atoms. The smallest absolute Gasteiger partial charge is 0.311 e. The van der Waals surface area contributed by atoms with Gasteiger partial charge in [0, 0.05) is 7.11 Å². The molecule has 0 saturated carbocycles. The van der Waals surface area contributed by atoms with Gasteiger partial charge in [-0.05, 0) is 30.9 Å². The highest BCUT2D eigenvalue weighted by Crippen LogP contribution is 2.63. The Kier molecular flexibility index (Phi) is 5.36. The van der Waals surface area contributed by atoms with Gasteiger partial charge in [0.1, 0.15) is 5.66 Å².